The number of nitrogens with zero attached hydrogens (tertiary/aromatic N) is 1. The van der Waals surface area contributed by atoms with Crippen LogP contribution in [0.2, 0.25) is 0 Å². The van der Waals surface area contributed by atoms with Crippen LogP contribution in [0.15, 0.2) is 24.3 Å². The first-order valence-electron chi connectivity index (χ1n) is 8.69. The zero-order chi connectivity index (χ0) is 16.4. The van der Waals surface area contributed by atoms with Crippen LogP contribution in [0.3, 0.4) is 0 Å². The lowest BCUT2D eigenvalue weighted by atomic mass is 9.89. The van der Waals surface area contributed by atoms with E-state index >= 15 is 0 Å². The number of amides is 1. The summed E-state index contributed by atoms with van der Waals surface area (Å²) in [5, 5.41) is 3.26. The third-order valence-corrected chi connectivity index (χ3v) is 5.02. The predicted octanol–water partition coefficient (Wildman–Crippen LogP) is 3.14. The van der Waals surface area contributed by atoms with E-state index in [1.165, 1.54) is 0 Å². The highest BCUT2D eigenvalue weighted by Gasteiger charge is 2.34. The third kappa shape index (κ3) is 4.05. The van der Waals surface area contributed by atoms with Crippen molar-refractivity contribution in [2.45, 2.75) is 51.2 Å². The van der Waals surface area contributed by atoms with Crippen LogP contribution < -0.4 is 10.1 Å². The summed E-state index contributed by atoms with van der Waals surface area (Å²) in [5.41, 5.74) is 0.850. The number of piperidine rings is 1. The van der Waals surface area contributed by atoms with Gasteiger partial charge < -0.3 is 15.0 Å². The molecule has 0 aliphatic carbocycles. The Labute approximate surface area is 139 Å². The second kappa shape index (κ2) is 6.52. The van der Waals surface area contributed by atoms with Crippen LogP contribution >= 0.6 is 0 Å². The van der Waals surface area contributed by atoms with Crippen molar-refractivity contribution in [2.24, 2.45) is 5.92 Å². The van der Waals surface area contributed by atoms with Crippen LogP contribution in [-0.2, 0) is 4.79 Å². The van der Waals surface area contributed by atoms with Crippen molar-refractivity contribution < 1.29 is 9.53 Å². The third-order valence-electron chi connectivity index (χ3n) is 5.02. The zero-order valence-electron chi connectivity index (χ0n) is 14.5. The molecule has 0 spiro atoms. The fourth-order valence-electron chi connectivity index (χ4n) is 3.71. The van der Waals surface area contributed by atoms with E-state index in [0.717, 1.165) is 43.7 Å². The van der Waals surface area contributed by atoms with Gasteiger partial charge in [0.25, 0.3) is 0 Å². The van der Waals surface area contributed by atoms with Gasteiger partial charge in [-0.25, -0.2) is 0 Å². The Morgan fingerprint density at radius 2 is 2.00 bits per heavy atom. The molecule has 0 saturated carbocycles. The summed E-state index contributed by atoms with van der Waals surface area (Å²) in [6.45, 7) is 6.37. The lowest BCUT2D eigenvalue weighted by Crippen LogP contribution is -2.42. The standard InChI is InChI=1S/C19H28N2O2/c1-19(2)13-16(15-6-4-5-7-17(15)23-19)20-18(22)12-14-8-10-21(3)11-9-14/h4-7,14,16H,8-13H2,1-3H3,(H,20,22)/t16-/m0/s1. The molecule has 0 aromatic heterocycles. The molecule has 1 atom stereocenters. The highest BCUT2D eigenvalue weighted by atomic mass is 16.5. The van der Waals surface area contributed by atoms with Crippen molar-refractivity contribution in [1.29, 1.82) is 0 Å². The summed E-state index contributed by atoms with van der Waals surface area (Å²) < 4.78 is 6.04. The van der Waals surface area contributed by atoms with Crippen molar-refractivity contribution >= 4 is 5.91 Å². The van der Waals surface area contributed by atoms with Crippen molar-refractivity contribution in [3.05, 3.63) is 29.8 Å². The highest BCUT2D eigenvalue weighted by Crippen LogP contribution is 2.39. The molecule has 1 aromatic rings. The fourth-order valence-corrected chi connectivity index (χ4v) is 3.71. The summed E-state index contributed by atoms with van der Waals surface area (Å²) in [6, 6.07) is 8.10. The van der Waals surface area contributed by atoms with E-state index in [1.54, 1.807) is 0 Å². The Kier molecular flexibility index (Phi) is 4.62. The van der Waals surface area contributed by atoms with Crippen molar-refractivity contribution in [3.63, 3.8) is 0 Å². The van der Waals surface area contributed by atoms with Gasteiger partial charge in [-0.3, -0.25) is 4.79 Å². The van der Waals surface area contributed by atoms with E-state index in [1.807, 2.05) is 18.2 Å². The Balaban J connectivity index is 1.64. The lowest BCUT2D eigenvalue weighted by Gasteiger charge is -2.38. The SMILES string of the molecule is CN1CCC(CC(=O)N[C@H]2CC(C)(C)Oc3ccccc32)CC1. The maximum Gasteiger partial charge on any atom is 0.220 e. The average Bonchev–Trinajstić information content (AvgIpc) is 2.48. The van der Waals surface area contributed by atoms with Gasteiger partial charge in [0.05, 0.1) is 6.04 Å². The largest absolute Gasteiger partial charge is 0.487 e. The molecule has 2 heterocycles. The molecule has 2 aliphatic rings. The molecular formula is C19H28N2O2. The molecule has 4 heteroatoms. The number of hydrogen-bond donors (Lipinski definition) is 1. The monoisotopic (exact) mass is 316 g/mol. The van der Waals surface area contributed by atoms with Crippen LogP contribution in [0.1, 0.15) is 51.1 Å². The van der Waals surface area contributed by atoms with Gasteiger partial charge in [-0.2, -0.15) is 0 Å². The van der Waals surface area contributed by atoms with E-state index in [0.29, 0.717) is 12.3 Å². The van der Waals surface area contributed by atoms with Crippen LogP contribution in [0.5, 0.6) is 5.75 Å². The van der Waals surface area contributed by atoms with Crippen molar-refractivity contribution in [2.75, 3.05) is 20.1 Å². The minimum atomic E-state index is -0.250. The molecule has 2 aliphatic heterocycles. The number of nitrogens with one attached hydrogen (secondary N) is 1. The van der Waals surface area contributed by atoms with Gasteiger partial charge in [-0.1, -0.05) is 18.2 Å². The summed E-state index contributed by atoms with van der Waals surface area (Å²) in [4.78, 5) is 14.9. The minimum Gasteiger partial charge on any atom is -0.487 e. The molecule has 1 fully saturated rings. The van der Waals surface area contributed by atoms with Gasteiger partial charge in [0.1, 0.15) is 11.4 Å². The van der Waals surface area contributed by atoms with E-state index in [-0.39, 0.29) is 17.6 Å². The number of benzene rings is 1. The van der Waals surface area contributed by atoms with Gasteiger partial charge in [-0.05, 0) is 58.8 Å². The summed E-state index contributed by atoms with van der Waals surface area (Å²) in [7, 11) is 2.15. The molecule has 1 amide bonds. The Hall–Kier alpha value is -1.55. The molecule has 1 saturated heterocycles. The Bertz CT molecular complexity index is 562. The molecule has 3 rings (SSSR count). The smallest absolute Gasteiger partial charge is 0.220 e. The molecule has 0 unspecified atom stereocenters. The van der Waals surface area contributed by atoms with Crippen molar-refractivity contribution in [3.8, 4) is 5.75 Å². The van der Waals surface area contributed by atoms with E-state index in [4.69, 9.17) is 4.74 Å². The first-order valence-corrected chi connectivity index (χ1v) is 8.69. The number of carbonyl (C=O) groups excluding carboxylic acids is 1. The summed E-state index contributed by atoms with van der Waals surface area (Å²) >= 11 is 0. The predicted molar refractivity (Wildman–Crippen MR) is 91.5 cm³/mol. The van der Waals surface area contributed by atoms with Gasteiger partial charge in [0.2, 0.25) is 5.91 Å². The molecular weight excluding hydrogens is 288 g/mol. The second-order valence-electron chi connectivity index (χ2n) is 7.67. The minimum absolute atomic E-state index is 0.0497. The normalized spacial score (nSPS) is 24.6. The summed E-state index contributed by atoms with van der Waals surface area (Å²) in [5.74, 6) is 1.60. The number of fused-ring (bicyclic) bond motifs is 1. The molecule has 1 N–H and O–H groups in total. The second-order valence-corrected chi connectivity index (χ2v) is 7.67. The number of rotatable bonds is 3. The van der Waals surface area contributed by atoms with E-state index in [9.17, 15) is 4.79 Å². The van der Waals surface area contributed by atoms with Crippen LogP contribution in [0.4, 0.5) is 0 Å². The average molecular weight is 316 g/mol. The molecule has 0 radical (unpaired) electrons. The number of para-hydroxylation sites is 1. The molecule has 0 bridgehead atoms. The highest BCUT2D eigenvalue weighted by molar-refractivity contribution is 5.77. The van der Waals surface area contributed by atoms with Crippen LogP contribution in [-0.4, -0.2) is 36.5 Å². The topological polar surface area (TPSA) is 41.6 Å². The zero-order valence-corrected chi connectivity index (χ0v) is 14.5. The van der Waals surface area contributed by atoms with Gasteiger partial charge in [0, 0.05) is 18.4 Å². The fraction of sp³-hybridized carbons (Fsp3) is 0.632. The molecule has 126 valence electrons. The van der Waals surface area contributed by atoms with Gasteiger partial charge in [0.15, 0.2) is 0 Å². The van der Waals surface area contributed by atoms with Crippen LogP contribution in [0, 0.1) is 5.92 Å². The van der Waals surface area contributed by atoms with E-state index < -0.39 is 0 Å². The van der Waals surface area contributed by atoms with E-state index in [2.05, 4.69) is 37.2 Å². The number of hydrogen-bond acceptors (Lipinski definition) is 3. The first-order chi connectivity index (χ1) is 10.9. The maximum absolute atomic E-state index is 12.5. The number of ether oxygens (including phenoxy) is 1. The number of carbonyl (C=O) groups is 1. The summed E-state index contributed by atoms with van der Waals surface area (Å²) in [6.07, 6.45) is 3.70. The first kappa shape index (κ1) is 16.3. The molecule has 23 heavy (non-hydrogen) atoms. The van der Waals surface area contributed by atoms with Crippen LogP contribution in [0.25, 0.3) is 0 Å². The number of likely N-dealkylation sites (tertiary alicyclic amines) is 1. The Morgan fingerprint density at radius 1 is 1.30 bits per heavy atom. The lowest BCUT2D eigenvalue weighted by molar-refractivity contribution is -0.123. The maximum atomic E-state index is 12.5. The quantitative estimate of drug-likeness (QED) is 0.931. The molecule has 1 aromatic carbocycles. The van der Waals surface area contributed by atoms with Gasteiger partial charge in [-0.15, -0.1) is 0 Å². The Morgan fingerprint density at radius 3 is 2.74 bits per heavy atom. The van der Waals surface area contributed by atoms with Gasteiger partial charge >= 0.3 is 0 Å². The molecule has 4 nitrogen and oxygen atoms in total. The van der Waals surface area contributed by atoms with Crippen molar-refractivity contribution in [1.82, 2.24) is 10.2 Å².